The third kappa shape index (κ3) is 8.45. The summed E-state index contributed by atoms with van der Waals surface area (Å²) < 4.78 is 112. The Bertz CT molecular complexity index is 1760. The molecule has 0 atom stereocenters. The third-order valence-electron chi connectivity index (χ3n) is 10.0. The van der Waals surface area contributed by atoms with Gasteiger partial charge in [0.15, 0.2) is 6.61 Å². The highest BCUT2D eigenvalue weighted by molar-refractivity contribution is 7.20. The summed E-state index contributed by atoms with van der Waals surface area (Å²) in [5, 5.41) is 6.88. The molecule has 2 N–H and O–H groups in total. The van der Waals surface area contributed by atoms with Gasteiger partial charge in [-0.2, -0.15) is 26.3 Å². The van der Waals surface area contributed by atoms with Crippen molar-refractivity contribution in [1.29, 1.82) is 0 Å². The van der Waals surface area contributed by atoms with E-state index >= 15 is 4.39 Å². The number of hydrogen-bond acceptors (Lipinski definition) is 8. The summed E-state index contributed by atoms with van der Waals surface area (Å²) in [6.45, 7) is 3.54. The Balaban J connectivity index is 1.06. The Morgan fingerprint density at radius 2 is 1.69 bits per heavy atom. The second-order valence-electron chi connectivity index (χ2n) is 13.9. The number of nitrogens with zero attached hydrogens (tertiary/aromatic N) is 2. The largest absolute Gasteiger partial charge is 0.482 e. The molecule has 0 unspecified atom stereocenters. The lowest BCUT2D eigenvalue weighted by Gasteiger charge is -2.58. The van der Waals surface area contributed by atoms with Gasteiger partial charge in [-0.3, -0.25) is 4.90 Å². The normalized spacial score (nSPS) is 22.2. The van der Waals surface area contributed by atoms with Crippen LogP contribution in [-0.4, -0.2) is 95.1 Å². The number of anilines is 3. The van der Waals surface area contributed by atoms with Crippen molar-refractivity contribution in [3.05, 3.63) is 46.6 Å². The highest BCUT2D eigenvalue weighted by Gasteiger charge is 2.50. The third-order valence-corrected chi connectivity index (χ3v) is 11.2. The lowest BCUT2D eigenvalue weighted by atomic mass is 9.75. The van der Waals surface area contributed by atoms with Crippen molar-refractivity contribution in [3.63, 3.8) is 0 Å². The predicted octanol–water partition coefficient (Wildman–Crippen LogP) is 7.44. The Morgan fingerprint density at radius 3 is 2.35 bits per heavy atom. The van der Waals surface area contributed by atoms with Crippen molar-refractivity contribution in [2.45, 2.75) is 56.5 Å². The molecule has 0 bridgehead atoms. The van der Waals surface area contributed by atoms with E-state index in [1.54, 1.807) is 17.0 Å². The number of thiophene rings is 1. The van der Waals surface area contributed by atoms with Gasteiger partial charge in [0.25, 0.3) is 0 Å². The van der Waals surface area contributed by atoms with Crippen molar-refractivity contribution in [2.24, 2.45) is 5.41 Å². The number of benzene rings is 2. The highest BCUT2D eigenvalue weighted by Crippen LogP contribution is 2.43. The van der Waals surface area contributed by atoms with Crippen molar-refractivity contribution in [3.8, 4) is 17.6 Å². The fraction of sp³-hybridized carbons (Fsp3) is 0.556. The van der Waals surface area contributed by atoms with E-state index in [1.807, 2.05) is 6.07 Å². The molecule has 15 heteroatoms. The Kier molecular flexibility index (Phi) is 10.2. The number of rotatable bonds is 9. The monoisotopic (exact) mass is 740 g/mol. The Hall–Kier alpha value is -3.45. The maximum Gasteiger partial charge on any atom is 0.422 e. The molecule has 7 rings (SSSR count). The molecule has 2 aromatic carbocycles. The zero-order chi connectivity index (χ0) is 35.8. The van der Waals surface area contributed by atoms with Crippen LogP contribution >= 0.6 is 11.3 Å². The standard InChI is InChI=1S/C36H39F7N4O3S/c37-27-15-29(31(50-22-36(41,42)43)16-30(27)46-11-13-48-14-12-46)44-10-2-5-32-26(17-35(38,39)40)25-3-1-4-28(33(25)51-32)45-23-6-8-24(9-7-23)47-18-34(19-47)20-49-21-34/h1,3-4,15-16,23-24,44-45H,6-14,17-22H2. The number of nitrogens with one attached hydrogen (secondary N) is 2. The van der Waals surface area contributed by atoms with Gasteiger partial charge in [-0.25, -0.2) is 4.39 Å². The molecule has 4 aliphatic rings. The first-order chi connectivity index (χ1) is 24.3. The second kappa shape index (κ2) is 14.5. The molecule has 1 saturated carbocycles. The van der Waals surface area contributed by atoms with Crippen molar-refractivity contribution in [1.82, 2.24) is 4.90 Å². The van der Waals surface area contributed by atoms with E-state index in [4.69, 9.17) is 14.2 Å². The maximum absolute atomic E-state index is 15.2. The summed E-state index contributed by atoms with van der Waals surface area (Å²) in [7, 11) is 0. The van der Waals surface area contributed by atoms with Gasteiger partial charge in [-0.15, -0.1) is 11.3 Å². The molecule has 276 valence electrons. The first-order valence-corrected chi connectivity index (χ1v) is 17.9. The molecule has 1 spiro atoms. The van der Waals surface area contributed by atoms with E-state index in [0.29, 0.717) is 47.8 Å². The number of morpholine rings is 1. The molecule has 0 radical (unpaired) electrons. The van der Waals surface area contributed by atoms with E-state index in [0.717, 1.165) is 63.7 Å². The smallest absolute Gasteiger partial charge is 0.422 e. The molecule has 7 nitrogen and oxygen atoms in total. The fourth-order valence-electron chi connectivity index (χ4n) is 7.48. The van der Waals surface area contributed by atoms with Crippen molar-refractivity contribution in [2.75, 3.05) is 81.3 Å². The number of fused-ring (bicyclic) bond motifs is 1. The van der Waals surface area contributed by atoms with Crippen LogP contribution in [0.25, 0.3) is 10.1 Å². The highest BCUT2D eigenvalue weighted by atomic mass is 32.1. The minimum atomic E-state index is -4.63. The summed E-state index contributed by atoms with van der Waals surface area (Å²) >= 11 is 1.18. The van der Waals surface area contributed by atoms with E-state index in [2.05, 4.69) is 27.4 Å². The van der Waals surface area contributed by atoms with Gasteiger partial charge >= 0.3 is 12.4 Å². The van der Waals surface area contributed by atoms with Crippen LogP contribution in [0, 0.1) is 23.1 Å². The maximum atomic E-state index is 15.2. The molecular formula is C36H39F7N4O3S. The lowest BCUT2D eigenvalue weighted by Crippen LogP contribution is -2.68. The van der Waals surface area contributed by atoms with Crippen LogP contribution in [0.4, 0.5) is 47.8 Å². The van der Waals surface area contributed by atoms with E-state index < -0.39 is 31.2 Å². The zero-order valence-electron chi connectivity index (χ0n) is 27.8. The first-order valence-electron chi connectivity index (χ1n) is 17.1. The van der Waals surface area contributed by atoms with Crippen LogP contribution in [0.3, 0.4) is 0 Å². The summed E-state index contributed by atoms with van der Waals surface area (Å²) in [5.41, 5.74) is 1.24. The number of halogens is 7. The SMILES string of the molecule is Fc1cc(NCC#Cc2sc3c(NC4CCC(N5CC6(COC6)C5)CC4)cccc3c2CC(F)(F)F)c(OCC(F)(F)F)cc1N1CCOCC1. The summed E-state index contributed by atoms with van der Waals surface area (Å²) in [6, 6.07) is 8.30. The molecule has 0 amide bonds. The van der Waals surface area contributed by atoms with Gasteiger partial charge in [0.05, 0.1) is 66.0 Å². The minimum Gasteiger partial charge on any atom is -0.482 e. The van der Waals surface area contributed by atoms with Crippen molar-refractivity contribution < 1.29 is 44.9 Å². The number of hydrogen-bond donors (Lipinski definition) is 2. The first kappa shape index (κ1) is 35.9. The Labute approximate surface area is 295 Å². The number of likely N-dealkylation sites (tertiary alicyclic amines) is 1. The topological polar surface area (TPSA) is 58.2 Å². The average molecular weight is 741 g/mol. The molecule has 3 saturated heterocycles. The van der Waals surface area contributed by atoms with Gasteiger partial charge < -0.3 is 29.7 Å². The minimum absolute atomic E-state index is 0.0539. The molecule has 3 aliphatic heterocycles. The van der Waals surface area contributed by atoms with Crippen molar-refractivity contribution >= 4 is 38.5 Å². The van der Waals surface area contributed by atoms with E-state index in [-0.39, 0.29) is 40.2 Å². The van der Waals surface area contributed by atoms with Crippen LogP contribution in [0.2, 0.25) is 0 Å². The molecule has 1 aliphatic carbocycles. The summed E-state index contributed by atoms with van der Waals surface area (Å²) in [5.74, 6) is 4.76. The van der Waals surface area contributed by atoms with Gasteiger partial charge in [0, 0.05) is 55.8 Å². The summed E-state index contributed by atoms with van der Waals surface area (Å²) in [6.07, 6.45) is -6.23. The quantitative estimate of drug-likeness (QED) is 0.175. The molecule has 3 aromatic rings. The average Bonchev–Trinajstić information content (AvgIpc) is 3.38. The second-order valence-corrected chi connectivity index (χ2v) is 14.9. The lowest BCUT2D eigenvalue weighted by molar-refractivity contribution is -0.200. The zero-order valence-corrected chi connectivity index (χ0v) is 28.6. The number of alkyl halides is 6. The van der Waals surface area contributed by atoms with Gasteiger partial charge in [0.2, 0.25) is 0 Å². The molecule has 4 heterocycles. The van der Waals surface area contributed by atoms with Gasteiger partial charge in [-0.05, 0) is 42.7 Å². The fourth-order valence-corrected chi connectivity index (χ4v) is 8.65. The van der Waals surface area contributed by atoms with Crippen LogP contribution in [0.5, 0.6) is 5.75 Å². The van der Waals surface area contributed by atoms with Crippen LogP contribution in [0.15, 0.2) is 30.3 Å². The number of ether oxygens (including phenoxy) is 3. The van der Waals surface area contributed by atoms with E-state index in [1.165, 1.54) is 17.4 Å². The van der Waals surface area contributed by atoms with E-state index in [9.17, 15) is 26.3 Å². The van der Waals surface area contributed by atoms with Gasteiger partial charge in [0.1, 0.15) is 11.6 Å². The van der Waals surface area contributed by atoms with Gasteiger partial charge in [-0.1, -0.05) is 24.0 Å². The molecule has 4 fully saturated rings. The molecule has 51 heavy (non-hydrogen) atoms. The van der Waals surface area contributed by atoms with Crippen LogP contribution < -0.4 is 20.3 Å². The Morgan fingerprint density at radius 1 is 0.941 bits per heavy atom. The molecular weight excluding hydrogens is 701 g/mol. The summed E-state index contributed by atoms with van der Waals surface area (Å²) in [4.78, 5) is 4.46. The van der Waals surface area contributed by atoms with Crippen LogP contribution in [-0.2, 0) is 15.9 Å². The van der Waals surface area contributed by atoms with Crippen LogP contribution in [0.1, 0.15) is 36.1 Å². The molecule has 1 aromatic heterocycles. The predicted molar refractivity (Wildman–Crippen MR) is 182 cm³/mol.